The molecule has 3 heteroatoms. The molecule has 2 atom stereocenters. The van der Waals surface area contributed by atoms with Crippen molar-refractivity contribution in [2.45, 2.75) is 39.2 Å². The van der Waals surface area contributed by atoms with E-state index in [0.29, 0.717) is 5.92 Å². The van der Waals surface area contributed by atoms with Crippen molar-refractivity contribution in [2.75, 3.05) is 6.54 Å². The van der Waals surface area contributed by atoms with Crippen molar-refractivity contribution in [1.29, 1.82) is 0 Å². The van der Waals surface area contributed by atoms with Gasteiger partial charge in [-0.15, -0.1) is 0 Å². The maximum Gasteiger partial charge on any atom is 0.222 e. The van der Waals surface area contributed by atoms with Crippen molar-refractivity contribution in [3.05, 3.63) is 35.4 Å². The molecule has 0 radical (unpaired) electrons. The summed E-state index contributed by atoms with van der Waals surface area (Å²) in [5, 5.41) is 3.45. The third kappa shape index (κ3) is 3.57. The van der Waals surface area contributed by atoms with Crippen LogP contribution in [0.1, 0.15) is 43.9 Å². The first-order valence-electron chi connectivity index (χ1n) is 7.19. The second-order valence-corrected chi connectivity index (χ2v) is 5.93. The molecule has 0 bridgehead atoms. The topological polar surface area (TPSA) is 55.1 Å². The summed E-state index contributed by atoms with van der Waals surface area (Å²) in [6, 6.07) is 8.65. The quantitative estimate of drug-likeness (QED) is 0.873. The number of rotatable bonds is 4. The number of carbonyl (C=O) groups is 1. The molecule has 2 unspecified atom stereocenters. The fourth-order valence-corrected chi connectivity index (χ4v) is 2.93. The van der Waals surface area contributed by atoms with Gasteiger partial charge in [0.1, 0.15) is 0 Å². The molecule has 1 amide bonds. The number of nitrogens with one attached hydrogen (secondary N) is 1. The van der Waals surface area contributed by atoms with Gasteiger partial charge in [0.05, 0.1) is 5.92 Å². The number of nitrogens with two attached hydrogens (primary N) is 1. The Morgan fingerprint density at radius 3 is 2.95 bits per heavy atom. The molecule has 1 aromatic rings. The molecule has 1 aliphatic heterocycles. The molecule has 0 aromatic heterocycles. The summed E-state index contributed by atoms with van der Waals surface area (Å²) >= 11 is 0. The van der Waals surface area contributed by atoms with E-state index < -0.39 is 0 Å². The van der Waals surface area contributed by atoms with Crippen LogP contribution in [0.15, 0.2) is 24.3 Å². The number of amides is 1. The van der Waals surface area contributed by atoms with Gasteiger partial charge in [0, 0.05) is 6.04 Å². The fourth-order valence-electron chi connectivity index (χ4n) is 2.93. The Kier molecular flexibility index (Phi) is 4.59. The normalized spacial score (nSPS) is 23.5. The number of hydrogen-bond donors (Lipinski definition) is 2. The number of primary amides is 1. The Morgan fingerprint density at radius 2 is 2.26 bits per heavy atom. The summed E-state index contributed by atoms with van der Waals surface area (Å²) < 4.78 is 0. The Balaban J connectivity index is 2.21. The first-order valence-corrected chi connectivity index (χ1v) is 7.19. The van der Waals surface area contributed by atoms with Gasteiger partial charge in [0.15, 0.2) is 0 Å². The first kappa shape index (κ1) is 14.1. The van der Waals surface area contributed by atoms with Gasteiger partial charge >= 0.3 is 0 Å². The maximum atomic E-state index is 11.6. The van der Waals surface area contributed by atoms with E-state index >= 15 is 0 Å². The van der Waals surface area contributed by atoms with Crippen LogP contribution in [0.25, 0.3) is 0 Å². The zero-order chi connectivity index (χ0) is 13.8. The van der Waals surface area contributed by atoms with E-state index in [1.807, 2.05) is 0 Å². The van der Waals surface area contributed by atoms with Crippen LogP contribution in [-0.4, -0.2) is 12.5 Å². The van der Waals surface area contributed by atoms with Crippen molar-refractivity contribution >= 4 is 5.91 Å². The van der Waals surface area contributed by atoms with Gasteiger partial charge in [-0.25, -0.2) is 0 Å². The summed E-state index contributed by atoms with van der Waals surface area (Å²) in [5.74, 6) is 0.371. The average Bonchev–Trinajstić information content (AvgIpc) is 2.38. The van der Waals surface area contributed by atoms with E-state index in [1.165, 1.54) is 11.1 Å². The predicted octanol–water partition coefficient (Wildman–Crippen LogP) is 2.41. The summed E-state index contributed by atoms with van der Waals surface area (Å²) in [4.78, 5) is 11.6. The van der Waals surface area contributed by atoms with Gasteiger partial charge in [-0.3, -0.25) is 4.79 Å². The van der Waals surface area contributed by atoms with Crippen LogP contribution in [0.5, 0.6) is 0 Å². The van der Waals surface area contributed by atoms with Crippen molar-refractivity contribution in [3.63, 3.8) is 0 Å². The number of carbonyl (C=O) groups excluding carboxylic acids is 1. The fraction of sp³-hybridized carbons (Fsp3) is 0.562. The lowest BCUT2D eigenvalue weighted by molar-refractivity contribution is -0.123. The largest absolute Gasteiger partial charge is 0.369 e. The Bertz CT molecular complexity index is 442. The third-order valence-corrected chi connectivity index (χ3v) is 3.78. The molecule has 3 N–H and O–H groups in total. The lowest BCUT2D eigenvalue weighted by Crippen LogP contribution is -2.41. The smallest absolute Gasteiger partial charge is 0.222 e. The summed E-state index contributed by atoms with van der Waals surface area (Å²) in [5.41, 5.74) is 8.07. The van der Waals surface area contributed by atoms with Crippen LogP contribution in [0.4, 0.5) is 0 Å². The van der Waals surface area contributed by atoms with Crippen LogP contribution in [-0.2, 0) is 11.2 Å². The zero-order valence-electron chi connectivity index (χ0n) is 11.9. The highest BCUT2D eigenvalue weighted by atomic mass is 16.1. The Labute approximate surface area is 115 Å². The van der Waals surface area contributed by atoms with Crippen LogP contribution < -0.4 is 11.1 Å². The van der Waals surface area contributed by atoms with Gasteiger partial charge in [0.25, 0.3) is 0 Å². The molecule has 0 aliphatic carbocycles. The standard InChI is InChI=1S/C16H24N2O/c1-11(2)9-12-5-3-6-13(10-12)15-14(16(17)19)7-4-8-18-15/h3,5-6,10-11,14-15,18H,4,7-9H2,1-2H3,(H2,17,19). The first-order chi connectivity index (χ1) is 9.08. The van der Waals surface area contributed by atoms with Crippen molar-refractivity contribution in [3.8, 4) is 0 Å². The second-order valence-electron chi connectivity index (χ2n) is 5.93. The molecular weight excluding hydrogens is 236 g/mol. The highest BCUT2D eigenvalue weighted by Crippen LogP contribution is 2.29. The minimum Gasteiger partial charge on any atom is -0.369 e. The lowest BCUT2D eigenvalue weighted by atomic mass is 9.85. The molecule has 1 saturated heterocycles. The zero-order valence-corrected chi connectivity index (χ0v) is 11.9. The molecule has 1 aromatic carbocycles. The molecule has 0 saturated carbocycles. The monoisotopic (exact) mass is 260 g/mol. The third-order valence-electron chi connectivity index (χ3n) is 3.78. The van der Waals surface area contributed by atoms with Gasteiger partial charge < -0.3 is 11.1 Å². The lowest BCUT2D eigenvalue weighted by Gasteiger charge is -2.31. The molecular formula is C16H24N2O. The van der Waals surface area contributed by atoms with Crippen molar-refractivity contribution in [2.24, 2.45) is 17.6 Å². The Hall–Kier alpha value is -1.35. The molecule has 19 heavy (non-hydrogen) atoms. The van der Waals surface area contributed by atoms with Gasteiger partial charge in [-0.2, -0.15) is 0 Å². The van der Waals surface area contributed by atoms with Crippen LogP contribution >= 0.6 is 0 Å². The average molecular weight is 260 g/mol. The molecule has 104 valence electrons. The summed E-state index contributed by atoms with van der Waals surface area (Å²) in [6.07, 6.45) is 2.99. The highest BCUT2D eigenvalue weighted by Gasteiger charge is 2.30. The van der Waals surface area contributed by atoms with E-state index in [9.17, 15) is 4.79 Å². The van der Waals surface area contributed by atoms with E-state index in [1.54, 1.807) is 0 Å². The van der Waals surface area contributed by atoms with Crippen LogP contribution in [0, 0.1) is 11.8 Å². The van der Waals surface area contributed by atoms with Gasteiger partial charge in [0.2, 0.25) is 5.91 Å². The number of benzene rings is 1. The maximum absolute atomic E-state index is 11.6. The molecule has 1 heterocycles. The highest BCUT2D eigenvalue weighted by molar-refractivity contribution is 5.77. The van der Waals surface area contributed by atoms with E-state index in [2.05, 4.69) is 43.4 Å². The second kappa shape index (κ2) is 6.20. The van der Waals surface area contributed by atoms with Crippen LogP contribution in [0.3, 0.4) is 0 Å². The van der Waals surface area contributed by atoms with Gasteiger partial charge in [-0.05, 0) is 42.9 Å². The van der Waals surface area contributed by atoms with Gasteiger partial charge in [-0.1, -0.05) is 38.1 Å². The predicted molar refractivity (Wildman–Crippen MR) is 77.6 cm³/mol. The number of piperidine rings is 1. The van der Waals surface area contributed by atoms with Crippen molar-refractivity contribution in [1.82, 2.24) is 5.32 Å². The minimum atomic E-state index is -0.188. The van der Waals surface area contributed by atoms with Crippen LogP contribution in [0.2, 0.25) is 0 Å². The molecule has 3 nitrogen and oxygen atoms in total. The summed E-state index contributed by atoms with van der Waals surface area (Å²) in [7, 11) is 0. The summed E-state index contributed by atoms with van der Waals surface area (Å²) in [6.45, 7) is 5.40. The minimum absolute atomic E-state index is 0.0805. The SMILES string of the molecule is CC(C)Cc1cccc(C2NCCCC2C(N)=O)c1. The van der Waals surface area contributed by atoms with E-state index in [0.717, 1.165) is 25.8 Å². The molecule has 1 aliphatic rings. The molecule has 2 rings (SSSR count). The molecule has 0 spiro atoms. The van der Waals surface area contributed by atoms with E-state index in [4.69, 9.17) is 5.73 Å². The number of hydrogen-bond acceptors (Lipinski definition) is 2. The van der Waals surface area contributed by atoms with Crippen molar-refractivity contribution < 1.29 is 4.79 Å². The van der Waals surface area contributed by atoms with E-state index in [-0.39, 0.29) is 17.9 Å². The Morgan fingerprint density at radius 1 is 1.47 bits per heavy atom. The molecule has 1 fully saturated rings.